The lowest BCUT2D eigenvalue weighted by Gasteiger charge is -2.32. The van der Waals surface area contributed by atoms with Gasteiger partial charge in [-0.2, -0.15) is 0 Å². The highest BCUT2D eigenvalue weighted by Gasteiger charge is 2.51. The smallest absolute Gasteiger partial charge is 0.481 e. The van der Waals surface area contributed by atoms with Gasteiger partial charge in [-0.3, -0.25) is 9.59 Å². The van der Waals surface area contributed by atoms with Crippen molar-refractivity contribution >= 4 is 18.6 Å². The fourth-order valence-corrected chi connectivity index (χ4v) is 2.23. The van der Waals surface area contributed by atoms with Crippen molar-refractivity contribution in [2.75, 3.05) is 0 Å². The Morgan fingerprint density at radius 3 is 2.36 bits per heavy atom. The Hall–Kier alpha value is -1.60. The summed E-state index contributed by atoms with van der Waals surface area (Å²) in [5, 5.41) is 8.63. The molecule has 0 spiro atoms. The Morgan fingerprint density at radius 1 is 1.27 bits per heavy atom. The van der Waals surface area contributed by atoms with E-state index in [4.69, 9.17) is 14.4 Å². The van der Waals surface area contributed by atoms with E-state index in [-0.39, 0.29) is 12.0 Å². The fourth-order valence-electron chi connectivity index (χ4n) is 2.23. The molecule has 6 nitrogen and oxygen atoms in total. The minimum atomic E-state index is -0.859. The molecule has 1 aromatic rings. The zero-order chi connectivity index (χ0) is 16.5. The van der Waals surface area contributed by atoms with Gasteiger partial charge in [-0.25, -0.2) is 0 Å². The molecule has 1 aliphatic rings. The second-order valence-corrected chi connectivity index (χ2v) is 6.58. The third kappa shape index (κ3) is 3.42. The van der Waals surface area contributed by atoms with E-state index in [0.29, 0.717) is 18.4 Å². The van der Waals surface area contributed by atoms with E-state index in [1.165, 1.54) is 10.6 Å². The normalized spacial score (nSPS) is 19.4. The van der Waals surface area contributed by atoms with Crippen LogP contribution in [-0.4, -0.2) is 34.0 Å². The zero-order valence-electron chi connectivity index (χ0n) is 13.5. The van der Waals surface area contributed by atoms with Gasteiger partial charge in [-0.1, -0.05) is 0 Å². The number of pyridine rings is 1. The van der Waals surface area contributed by atoms with Gasteiger partial charge in [0.05, 0.1) is 11.2 Å². The van der Waals surface area contributed by atoms with Crippen molar-refractivity contribution in [1.29, 1.82) is 0 Å². The van der Waals surface area contributed by atoms with E-state index >= 15 is 0 Å². The summed E-state index contributed by atoms with van der Waals surface area (Å²) in [5.41, 5.74) is -0.405. The standard InChI is InChI=1S/C15H22BNO5/c1-14(2)15(3,4)22-16(21-14)11-7-9-17(12(18)10-11)8-5-6-13(19)20/h7,9-10H,5-6,8H2,1-4H3,(H,19,20). The third-order valence-electron chi connectivity index (χ3n) is 4.34. The average Bonchev–Trinajstić information content (AvgIpc) is 2.60. The van der Waals surface area contributed by atoms with Crippen LogP contribution in [0.5, 0.6) is 0 Å². The maximum atomic E-state index is 12.1. The lowest BCUT2D eigenvalue weighted by atomic mass is 9.80. The summed E-state index contributed by atoms with van der Waals surface area (Å²) in [7, 11) is -0.564. The number of carboxylic acids is 1. The second-order valence-electron chi connectivity index (χ2n) is 6.58. The van der Waals surface area contributed by atoms with Gasteiger partial charge in [0.1, 0.15) is 0 Å². The quantitative estimate of drug-likeness (QED) is 0.822. The first-order valence-corrected chi connectivity index (χ1v) is 7.40. The lowest BCUT2D eigenvalue weighted by molar-refractivity contribution is -0.137. The molecular formula is C15H22BNO5. The average molecular weight is 307 g/mol. The number of hydrogen-bond acceptors (Lipinski definition) is 4. The number of carbonyl (C=O) groups is 1. The van der Waals surface area contributed by atoms with Gasteiger partial charge in [0, 0.05) is 25.2 Å². The van der Waals surface area contributed by atoms with Crippen molar-refractivity contribution in [1.82, 2.24) is 4.57 Å². The third-order valence-corrected chi connectivity index (χ3v) is 4.34. The molecule has 0 aromatic carbocycles. The topological polar surface area (TPSA) is 77.8 Å². The van der Waals surface area contributed by atoms with Crippen molar-refractivity contribution in [3.8, 4) is 0 Å². The molecule has 0 unspecified atom stereocenters. The number of carboxylic acid groups (broad SMARTS) is 1. The van der Waals surface area contributed by atoms with Crippen molar-refractivity contribution in [3.63, 3.8) is 0 Å². The molecule has 1 N–H and O–H groups in total. The summed E-state index contributed by atoms with van der Waals surface area (Å²) < 4.78 is 13.3. The van der Waals surface area contributed by atoms with Gasteiger partial charge in [-0.05, 0) is 45.6 Å². The van der Waals surface area contributed by atoms with Crippen LogP contribution in [0.15, 0.2) is 23.1 Å². The first-order valence-electron chi connectivity index (χ1n) is 7.40. The molecule has 0 aliphatic carbocycles. The maximum absolute atomic E-state index is 12.1. The van der Waals surface area contributed by atoms with Crippen LogP contribution in [0.25, 0.3) is 0 Å². The zero-order valence-corrected chi connectivity index (χ0v) is 13.5. The van der Waals surface area contributed by atoms with Crippen molar-refractivity contribution in [3.05, 3.63) is 28.7 Å². The van der Waals surface area contributed by atoms with E-state index in [1.54, 1.807) is 12.3 Å². The summed E-state index contributed by atoms with van der Waals surface area (Å²) >= 11 is 0. The molecule has 22 heavy (non-hydrogen) atoms. The van der Waals surface area contributed by atoms with Crippen LogP contribution in [0.3, 0.4) is 0 Å². The van der Waals surface area contributed by atoms with Crippen LogP contribution in [0.4, 0.5) is 0 Å². The van der Waals surface area contributed by atoms with Gasteiger partial charge in [0.25, 0.3) is 0 Å². The Bertz CT molecular complexity index is 607. The number of aliphatic carboxylic acids is 1. The molecule has 1 aromatic heterocycles. The minimum Gasteiger partial charge on any atom is -0.481 e. The highest BCUT2D eigenvalue weighted by atomic mass is 16.7. The molecule has 2 rings (SSSR count). The Kier molecular flexibility index (Phi) is 4.49. The molecule has 2 heterocycles. The van der Waals surface area contributed by atoms with Crippen LogP contribution in [-0.2, 0) is 20.6 Å². The van der Waals surface area contributed by atoms with Gasteiger partial charge < -0.3 is 19.0 Å². The highest BCUT2D eigenvalue weighted by molar-refractivity contribution is 6.62. The minimum absolute atomic E-state index is 0.0470. The van der Waals surface area contributed by atoms with E-state index in [0.717, 1.165) is 0 Å². The molecule has 0 saturated carbocycles. The van der Waals surface area contributed by atoms with Crippen molar-refractivity contribution in [2.45, 2.75) is 58.3 Å². The predicted molar refractivity (Wildman–Crippen MR) is 83.3 cm³/mol. The molecule has 1 saturated heterocycles. The first-order chi connectivity index (χ1) is 10.1. The van der Waals surface area contributed by atoms with E-state index in [9.17, 15) is 9.59 Å². The van der Waals surface area contributed by atoms with E-state index in [1.807, 2.05) is 27.7 Å². The van der Waals surface area contributed by atoms with Crippen molar-refractivity contribution in [2.24, 2.45) is 0 Å². The number of aryl methyl sites for hydroxylation is 1. The van der Waals surface area contributed by atoms with Crippen LogP contribution in [0.2, 0.25) is 0 Å². The number of rotatable bonds is 5. The van der Waals surface area contributed by atoms with Gasteiger partial charge in [-0.15, -0.1) is 0 Å². The van der Waals surface area contributed by atoms with Crippen molar-refractivity contribution < 1.29 is 19.2 Å². The van der Waals surface area contributed by atoms with Crippen LogP contribution in [0, 0.1) is 0 Å². The van der Waals surface area contributed by atoms with Gasteiger partial charge in [0.2, 0.25) is 5.56 Å². The highest BCUT2D eigenvalue weighted by Crippen LogP contribution is 2.36. The number of aromatic nitrogens is 1. The fraction of sp³-hybridized carbons (Fsp3) is 0.600. The summed E-state index contributed by atoms with van der Waals surface area (Å²) in [6.45, 7) is 8.22. The number of hydrogen-bond donors (Lipinski definition) is 1. The van der Waals surface area contributed by atoms with Crippen LogP contribution < -0.4 is 11.0 Å². The lowest BCUT2D eigenvalue weighted by Crippen LogP contribution is -2.41. The molecule has 0 atom stereocenters. The maximum Gasteiger partial charge on any atom is 0.495 e. The Morgan fingerprint density at radius 2 is 1.86 bits per heavy atom. The molecule has 120 valence electrons. The molecule has 1 fully saturated rings. The molecule has 0 amide bonds. The molecular weight excluding hydrogens is 285 g/mol. The van der Waals surface area contributed by atoms with E-state index < -0.39 is 24.3 Å². The monoisotopic (exact) mass is 307 g/mol. The summed E-state index contributed by atoms with van der Waals surface area (Å²) in [6.07, 6.45) is 2.13. The molecule has 0 radical (unpaired) electrons. The van der Waals surface area contributed by atoms with Crippen LogP contribution in [0.1, 0.15) is 40.5 Å². The molecule has 1 aliphatic heterocycles. The molecule has 7 heteroatoms. The number of nitrogens with zero attached hydrogens (tertiary/aromatic N) is 1. The Labute approximate surface area is 130 Å². The van der Waals surface area contributed by atoms with Crippen LogP contribution >= 0.6 is 0 Å². The van der Waals surface area contributed by atoms with Gasteiger partial charge >= 0.3 is 13.1 Å². The SMILES string of the molecule is CC1(C)OB(c2ccn(CCCC(=O)O)c(=O)c2)OC1(C)C. The Balaban J connectivity index is 2.10. The first kappa shape index (κ1) is 16.8. The van der Waals surface area contributed by atoms with Gasteiger partial charge in [0.15, 0.2) is 0 Å². The second kappa shape index (κ2) is 5.89. The van der Waals surface area contributed by atoms with E-state index in [2.05, 4.69) is 0 Å². The predicted octanol–water partition coefficient (Wildman–Crippen LogP) is 1.01. The largest absolute Gasteiger partial charge is 0.495 e. The molecule has 0 bridgehead atoms. The summed E-state index contributed by atoms with van der Waals surface area (Å²) in [6, 6.07) is 3.27. The summed E-state index contributed by atoms with van der Waals surface area (Å²) in [4.78, 5) is 22.6. The summed E-state index contributed by atoms with van der Waals surface area (Å²) in [5.74, 6) is -0.859.